The van der Waals surface area contributed by atoms with Crippen molar-refractivity contribution in [2.24, 2.45) is 5.73 Å². The molecule has 3 heteroatoms. The van der Waals surface area contributed by atoms with E-state index in [9.17, 15) is 0 Å². The molecule has 2 N–H and O–H groups in total. The summed E-state index contributed by atoms with van der Waals surface area (Å²) in [5, 5.41) is 0. The Morgan fingerprint density at radius 2 is 2.14 bits per heavy atom. The lowest BCUT2D eigenvalue weighted by atomic mass is 10.1. The van der Waals surface area contributed by atoms with E-state index in [1.165, 1.54) is 9.75 Å². The lowest BCUT2D eigenvalue weighted by Gasteiger charge is -2.07. The Kier molecular flexibility index (Phi) is 2.61. The maximum atomic E-state index is 6.08. The van der Waals surface area contributed by atoms with Gasteiger partial charge in [0.2, 0.25) is 0 Å². The molecule has 2 aromatic heterocycles. The van der Waals surface area contributed by atoms with Crippen LogP contribution in [0.25, 0.3) is 0 Å². The van der Waals surface area contributed by atoms with Gasteiger partial charge in [-0.15, -0.1) is 11.3 Å². The van der Waals surface area contributed by atoms with Crippen LogP contribution < -0.4 is 5.73 Å². The topological polar surface area (TPSA) is 38.9 Å². The van der Waals surface area contributed by atoms with Gasteiger partial charge in [-0.1, -0.05) is 6.07 Å². The highest BCUT2D eigenvalue weighted by atomic mass is 32.1. The maximum Gasteiger partial charge on any atom is 0.0820 e. The molecule has 72 valence electrons. The first-order valence-electron chi connectivity index (χ1n) is 4.50. The van der Waals surface area contributed by atoms with Gasteiger partial charge in [0.25, 0.3) is 0 Å². The Hall–Kier alpha value is -1.19. The summed E-state index contributed by atoms with van der Waals surface area (Å²) in [4.78, 5) is 6.70. The third kappa shape index (κ3) is 1.84. The summed E-state index contributed by atoms with van der Waals surface area (Å²) in [5.41, 5.74) is 7.00. The summed E-state index contributed by atoms with van der Waals surface area (Å²) in [6, 6.07) is 9.88. The Labute approximate surface area is 87.4 Å². The van der Waals surface area contributed by atoms with Crippen molar-refractivity contribution in [1.29, 1.82) is 0 Å². The van der Waals surface area contributed by atoms with E-state index in [1.807, 2.05) is 18.2 Å². The fourth-order valence-corrected chi connectivity index (χ4v) is 2.22. The van der Waals surface area contributed by atoms with Crippen molar-refractivity contribution in [2.45, 2.75) is 13.0 Å². The molecule has 0 aromatic carbocycles. The number of nitrogens with two attached hydrogens (primary N) is 1. The first kappa shape index (κ1) is 9.37. The highest BCUT2D eigenvalue weighted by molar-refractivity contribution is 7.12. The molecule has 0 bridgehead atoms. The number of hydrogen-bond donors (Lipinski definition) is 1. The Morgan fingerprint density at radius 3 is 2.71 bits per heavy atom. The highest BCUT2D eigenvalue weighted by Crippen LogP contribution is 2.24. The molecule has 2 heterocycles. The van der Waals surface area contributed by atoms with Crippen molar-refractivity contribution in [3.63, 3.8) is 0 Å². The molecule has 1 unspecified atom stereocenters. The van der Waals surface area contributed by atoms with Gasteiger partial charge in [0.05, 0.1) is 11.7 Å². The van der Waals surface area contributed by atoms with Gasteiger partial charge in [0.1, 0.15) is 0 Å². The van der Waals surface area contributed by atoms with E-state index in [0.717, 1.165) is 5.69 Å². The highest BCUT2D eigenvalue weighted by Gasteiger charge is 2.10. The molecule has 0 saturated carbocycles. The molecule has 0 amide bonds. The van der Waals surface area contributed by atoms with E-state index in [1.54, 1.807) is 17.5 Å². The van der Waals surface area contributed by atoms with E-state index in [0.29, 0.717) is 0 Å². The van der Waals surface area contributed by atoms with Crippen LogP contribution >= 0.6 is 11.3 Å². The minimum atomic E-state index is -0.0881. The molecule has 0 aliphatic carbocycles. The second-order valence-corrected chi connectivity index (χ2v) is 4.50. The molecule has 0 aliphatic heterocycles. The normalized spacial score (nSPS) is 12.7. The summed E-state index contributed by atoms with van der Waals surface area (Å²) in [7, 11) is 0. The standard InChI is InChI=1S/C11H12N2S/c1-8-5-6-10(14-8)11(12)9-4-2-3-7-13-9/h2-7,11H,12H2,1H3. The van der Waals surface area contributed by atoms with Gasteiger partial charge in [0, 0.05) is 16.0 Å². The molecule has 0 fully saturated rings. The monoisotopic (exact) mass is 204 g/mol. The van der Waals surface area contributed by atoms with E-state index >= 15 is 0 Å². The van der Waals surface area contributed by atoms with Crippen LogP contribution in [0.3, 0.4) is 0 Å². The largest absolute Gasteiger partial charge is 0.318 e. The van der Waals surface area contributed by atoms with Crippen LogP contribution in [-0.2, 0) is 0 Å². The maximum absolute atomic E-state index is 6.08. The van der Waals surface area contributed by atoms with Crippen LogP contribution in [-0.4, -0.2) is 4.98 Å². The van der Waals surface area contributed by atoms with Crippen molar-refractivity contribution in [1.82, 2.24) is 4.98 Å². The number of nitrogens with zero attached hydrogens (tertiary/aromatic N) is 1. The molecule has 0 saturated heterocycles. The quantitative estimate of drug-likeness (QED) is 0.816. The summed E-state index contributed by atoms with van der Waals surface area (Å²) in [6.07, 6.45) is 1.77. The van der Waals surface area contributed by atoms with Crippen molar-refractivity contribution in [3.8, 4) is 0 Å². The molecule has 2 rings (SSSR count). The Morgan fingerprint density at radius 1 is 1.29 bits per heavy atom. The summed E-state index contributed by atoms with van der Waals surface area (Å²) in [5.74, 6) is 0. The fourth-order valence-electron chi connectivity index (χ4n) is 1.33. The van der Waals surface area contributed by atoms with Crippen molar-refractivity contribution in [3.05, 3.63) is 52.0 Å². The van der Waals surface area contributed by atoms with Gasteiger partial charge >= 0.3 is 0 Å². The zero-order valence-corrected chi connectivity index (χ0v) is 8.79. The van der Waals surface area contributed by atoms with Gasteiger partial charge in [-0.3, -0.25) is 4.98 Å². The number of thiophene rings is 1. The molecule has 1 atom stereocenters. The van der Waals surface area contributed by atoms with Crippen LogP contribution in [0.5, 0.6) is 0 Å². The Balaban J connectivity index is 2.29. The van der Waals surface area contributed by atoms with Crippen molar-refractivity contribution in [2.75, 3.05) is 0 Å². The number of hydrogen-bond acceptors (Lipinski definition) is 3. The number of pyridine rings is 1. The first-order chi connectivity index (χ1) is 6.77. The number of aryl methyl sites for hydroxylation is 1. The van der Waals surface area contributed by atoms with Gasteiger partial charge in [-0.05, 0) is 31.2 Å². The van der Waals surface area contributed by atoms with E-state index < -0.39 is 0 Å². The third-order valence-electron chi connectivity index (χ3n) is 2.07. The minimum Gasteiger partial charge on any atom is -0.318 e. The number of aromatic nitrogens is 1. The molecule has 14 heavy (non-hydrogen) atoms. The molecular formula is C11H12N2S. The van der Waals surface area contributed by atoms with Gasteiger partial charge in [-0.2, -0.15) is 0 Å². The molecule has 2 nitrogen and oxygen atoms in total. The molecule has 0 radical (unpaired) electrons. The van der Waals surface area contributed by atoms with Crippen molar-refractivity contribution < 1.29 is 0 Å². The van der Waals surface area contributed by atoms with E-state index in [-0.39, 0.29) is 6.04 Å². The van der Waals surface area contributed by atoms with Crippen LogP contribution in [0.15, 0.2) is 36.5 Å². The number of rotatable bonds is 2. The average Bonchev–Trinajstić information content (AvgIpc) is 2.65. The summed E-state index contributed by atoms with van der Waals surface area (Å²) < 4.78 is 0. The fraction of sp³-hybridized carbons (Fsp3) is 0.182. The zero-order chi connectivity index (χ0) is 9.97. The first-order valence-corrected chi connectivity index (χ1v) is 5.32. The summed E-state index contributed by atoms with van der Waals surface area (Å²) in [6.45, 7) is 2.08. The van der Waals surface area contributed by atoms with E-state index in [2.05, 4.69) is 24.0 Å². The molecule has 0 spiro atoms. The van der Waals surface area contributed by atoms with Crippen molar-refractivity contribution >= 4 is 11.3 Å². The second-order valence-electron chi connectivity index (χ2n) is 3.18. The lowest BCUT2D eigenvalue weighted by molar-refractivity contribution is 0.847. The molecule has 0 aliphatic rings. The van der Waals surface area contributed by atoms with Crippen LogP contribution in [0.1, 0.15) is 21.5 Å². The predicted molar refractivity (Wildman–Crippen MR) is 59.3 cm³/mol. The Bertz CT molecular complexity index is 408. The molecule has 2 aromatic rings. The van der Waals surface area contributed by atoms with Crippen LogP contribution in [0, 0.1) is 6.92 Å². The predicted octanol–water partition coefficient (Wildman–Crippen LogP) is 2.50. The van der Waals surface area contributed by atoms with Crippen LogP contribution in [0.4, 0.5) is 0 Å². The second kappa shape index (κ2) is 3.90. The van der Waals surface area contributed by atoms with E-state index in [4.69, 9.17) is 5.73 Å². The summed E-state index contributed by atoms with van der Waals surface area (Å²) >= 11 is 1.73. The zero-order valence-electron chi connectivity index (χ0n) is 7.97. The van der Waals surface area contributed by atoms with Crippen LogP contribution in [0.2, 0.25) is 0 Å². The molecular weight excluding hydrogens is 192 g/mol. The van der Waals surface area contributed by atoms with Gasteiger partial charge in [-0.25, -0.2) is 0 Å². The smallest absolute Gasteiger partial charge is 0.0820 e. The van der Waals surface area contributed by atoms with Gasteiger partial charge < -0.3 is 5.73 Å². The lowest BCUT2D eigenvalue weighted by Crippen LogP contribution is -2.11. The SMILES string of the molecule is Cc1ccc(C(N)c2ccccn2)s1. The average molecular weight is 204 g/mol. The third-order valence-corrected chi connectivity index (χ3v) is 3.16. The minimum absolute atomic E-state index is 0.0881. The van der Waals surface area contributed by atoms with Gasteiger partial charge in [0.15, 0.2) is 0 Å².